The number of hydrogen-bond donors (Lipinski definition) is 0. The van der Waals surface area contributed by atoms with E-state index in [0.29, 0.717) is 13.2 Å². The van der Waals surface area contributed by atoms with Gasteiger partial charge in [0.15, 0.2) is 0 Å². The van der Waals surface area contributed by atoms with Gasteiger partial charge in [-0.05, 0) is 43.9 Å². The molecule has 0 unspecified atom stereocenters. The molecule has 0 saturated carbocycles. The van der Waals surface area contributed by atoms with Crippen LogP contribution in [0.5, 0.6) is 0 Å². The number of amides is 1. The molecule has 0 spiro atoms. The number of carbonyl (C=O) groups is 1. The van der Waals surface area contributed by atoms with Gasteiger partial charge in [-0.15, -0.1) is 0 Å². The number of benzene rings is 1. The fraction of sp³-hybridized carbons (Fsp3) is 0.650. The zero-order valence-electron chi connectivity index (χ0n) is 14.8. The van der Waals surface area contributed by atoms with E-state index < -0.39 is 0 Å². The van der Waals surface area contributed by atoms with E-state index in [4.69, 9.17) is 9.47 Å². The fourth-order valence-corrected chi connectivity index (χ4v) is 4.36. The van der Waals surface area contributed by atoms with E-state index >= 15 is 0 Å². The predicted octanol–water partition coefficient (Wildman–Crippen LogP) is 2.17. The molecule has 0 aliphatic carbocycles. The highest BCUT2D eigenvalue weighted by Gasteiger charge is 2.39. The van der Waals surface area contributed by atoms with Crippen molar-refractivity contribution in [3.8, 4) is 0 Å². The molecule has 3 fully saturated rings. The predicted molar refractivity (Wildman–Crippen MR) is 96.6 cm³/mol. The van der Waals surface area contributed by atoms with E-state index in [0.717, 1.165) is 63.7 Å². The lowest BCUT2D eigenvalue weighted by Crippen LogP contribution is -2.50. The monoisotopic (exact) mass is 344 g/mol. The SMILES string of the molecule is O=C1[C@@H]2CCN(CC3CCOCC3)C[C@@H]2OCCN1c1ccccc1. The molecule has 1 aromatic rings. The van der Waals surface area contributed by atoms with Gasteiger partial charge in [0.05, 0.1) is 18.6 Å². The standard InChI is InChI=1S/C20H28N2O3/c23-20-18-6-9-21(14-16-7-11-24-12-8-16)15-19(18)25-13-10-22(20)17-4-2-1-3-5-17/h1-5,16,18-19H,6-15H2/t18-,19+/m1/s1. The molecule has 1 aromatic carbocycles. The molecule has 5 nitrogen and oxygen atoms in total. The highest BCUT2D eigenvalue weighted by Crippen LogP contribution is 2.29. The van der Waals surface area contributed by atoms with Crippen molar-refractivity contribution in [1.82, 2.24) is 4.90 Å². The Morgan fingerprint density at radius 3 is 2.60 bits per heavy atom. The maximum absolute atomic E-state index is 13.1. The molecule has 3 heterocycles. The lowest BCUT2D eigenvalue weighted by atomic mass is 9.90. The van der Waals surface area contributed by atoms with Crippen molar-refractivity contribution in [2.75, 3.05) is 50.9 Å². The molecule has 0 radical (unpaired) electrons. The molecule has 0 N–H and O–H groups in total. The van der Waals surface area contributed by atoms with Crippen LogP contribution < -0.4 is 4.90 Å². The van der Waals surface area contributed by atoms with Crippen LogP contribution in [0, 0.1) is 11.8 Å². The lowest BCUT2D eigenvalue weighted by Gasteiger charge is -2.39. The Morgan fingerprint density at radius 2 is 1.80 bits per heavy atom. The van der Waals surface area contributed by atoms with Crippen LogP contribution in [0.1, 0.15) is 19.3 Å². The first kappa shape index (κ1) is 17.0. The second-order valence-electron chi connectivity index (χ2n) is 7.45. The fourth-order valence-electron chi connectivity index (χ4n) is 4.36. The summed E-state index contributed by atoms with van der Waals surface area (Å²) in [6.07, 6.45) is 3.25. The first-order chi connectivity index (χ1) is 12.3. The third-order valence-corrected chi connectivity index (χ3v) is 5.80. The van der Waals surface area contributed by atoms with E-state index in [1.54, 1.807) is 0 Å². The zero-order valence-corrected chi connectivity index (χ0v) is 14.8. The van der Waals surface area contributed by atoms with Crippen LogP contribution in [0.4, 0.5) is 5.69 Å². The third-order valence-electron chi connectivity index (χ3n) is 5.80. The third kappa shape index (κ3) is 3.89. The van der Waals surface area contributed by atoms with Crippen molar-refractivity contribution in [2.24, 2.45) is 11.8 Å². The van der Waals surface area contributed by atoms with Crippen molar-refractivity contribution in [2.45, 2.75) is 25.4 Å². The Morgan fingerprint density at radius 1 is 1.00 bits per heavy atom. The molecule has 0 aromatic heterocycles. The Balaban J connectivity index is 1.40. The van der Waals surface area contributed by atoms with E-state index in [1.807, 2.05) is 35.2 Å². The number of hydrogen-bond acceptors (Lipinski definition) is 4. The topological polar surface area (TPSA) is 42.0 Å². The minimum Gasteiger partial charge on any atom is -0.381 e. The van der Waals surface area contributed by atoms with Gasteiger partial charge < -0.3 is 19.3 Å². The number of fused-ring (bicyclic) bond motifs is 1. The maximum Gasteiger partial charge on any atom is 0.232 e. The van der Waals surface area contributed by atoms with Gasteiger partial charge in [0.2, 0.25) is 5.91 Å². The van der Waals surface area contributed by atoms with Crippen LogP contribution in [-0.2, 0) is 14.3 Å². The van der Waals surface area contributed by atoms with E-state index in [1.165, 1.54) is 0 Å². The van der Waals surface area contributed by atoms with Crippen LogP contribution in [0.2, 0.25) is 0 Å². The zero-order chi connectivity index (χ0) is 17.1. The van der Waals surface area contributed by atoms with Gasteiger partial charge in [0.1, 0.15) is 0 Å². The molecular formula is C20H28N2O3. The number of piperidine rings is 1. The number of likely N-dealkylation sites (tertiary alicyclic amines) is 1. The Bertz CT molecular complexity index is 574. The second kappa shape index (κ2) is 7.85. The summed E-state index contributed by atoms with van der Waals surface area (Å²) in [5.74, 6) is 0.959. The first-order valence-electron chi connectivity index (χ1n) is 9.59. The summed E-state index contributed by atoms with van der Waals surface area (Å²) >= 11 is 0. The summed E-state index contributed by atoms with van der Waals surface area (Å²) in [6.45, 7) is 6.05. The molecule has 4 rings (SSSR count). The van der Waals surface area contributed by atoms with E-state index in [-0.39, 0.29) is 17.9 Å². The average molecular weight is 344 g/mol. The molecular weight excluding hydrogens is 316 g/mol. The molecule has 5 heteroatoms. The molecule has 3 aliphatic rings. The first-order valence-corrected chi connectivity index (χ1v) is 9.59. The van der Waals surface area contributed by atoms with Gasteiger partial charge in [-0.2, -0.15) is 0 Å². The van der Waals surface area contributed by atoms with Gasteiger partial charge >= 0.3 is 0 Å². The Labute approximate surface area is 149 Å². The van der Waals surface area contributed by atoms with Crippen LogP contribution in [0.15, 0.2) is 30.3 Å². The van der Waals surface area contributed by atoms with Gasteiger partial charge in [0.25, 0.3) is 0 Å². The van der Waals surface area contributed by atoms with E-state index in [2.05, 4.69) is 4.90 Å². The molecule has 3 aliphatic heterocycles. The van der Waals surface area contributed by atoms with Crippen LogP contribution in [0.3, 0.4) is 0 Å². The lowest BCUT2D eigenvalue weighted by molar-refractivity contribution is -0.128. The van der Waals surface area contributed by atoms with Crippen molar-refractivity contribution in [1.29, 1.82) is 0 Å². The molecule has 0 bridgehead atoms. The van der Waals surface area contributed by atoms with Crippen molar-refractivity contribution >= 4 is 11.6 Å². The number of carbonyl (C=O) groups excluding carboxylic acids is 1. The normalized spacial score (nSPS) is 29.3. The number of ether oxygens (including phenoxy) is 2. The highest BCUT2D eigenvalue weighted by molar-refractivity contribution is 5.95. The van der Waals surface area contributed by atoms with Crippen LogP contribution in [0.25, 0.3) is 0 Å². The summed E-state index contributed by atoms with van der Waals surface area (Å²) in [4.78, 5) is 17.5. The second-order valence-corrected chi connectivity index (χ2v) is 7.45. The summed E-state index contributed by atoms with van der Waals surface area (Å²) < 4.78 is 11.6. The van der Waals surface area contributed by atoms with Gasteiger partial charge in [-0.3, -0.25) is 4.79 Å². The van der Waals surface area contributed by atoms with Crippen molar-refractivity contribution in [3.05, 3.63) is 30.3 Å². The minimum atomic E-state index is -0.00588. The van der Waals surface area contributed by atoms with Crippen LogP contribution in [-0.4, -0.2) is 62.9 Å². The molecule has 3 saturated heterocycles. The largest absolute Gasteiger partial charge is 0.381 e. The van der Waals surface area contributed by atoms with E-state index in [9.17, 15) is 4.79 Å². The maximum atomic E-state index is 13.1. The smallest absolute Gasteiger partial charge is 0.232 e. The summed E-state index contributed by atoms with van der Waals surface area (Å²) in [5, 5.41) is 0. The highest BCUT2D eigenvalue weighted by atomic mass is 16.5. The van der Waals surface area contributed by atoms with Crippen molar-refractivity contribution < 1.29 is 14.3 Å². The number of nitrogens with zero attached hydrogens (tertiary/aromatic N) is 2. The van der Waals surface area contributed by atoms with Gasteiger partial charge in [0, 0.05) is 38.5 Å². The molecule has 2 atom stereocenters. The Hall–Kier alpha value is -1.43. The van der Waals surface area contributed by atoms with Gasteiger partial charge in [-0.1, -0.05) is 18.2 Å². The molecule has 25 heavy (non-hydrogen) atoms. The summed E-state index contributed by atoms with van der Waals surface area (Å²) in [5.41, 5.74) is 0.987. The van der Waals surface area contributed by atoms with Crippen molar-refractivity contribution in [3.63, 3.8) is 0 Å². The van der Waals surface area contributed by atoms with Gasteiger partial charge in [-0.25, -0.2) is 0 Å². The molecule has 136 valence electrons. The minimum absolute atomic E-state index is 0.00588. The number of para-hydroxylation sites is 1. The quantitative estimate of drug-likeness (QED) is 0.843. The summed E-state index contributed by atoms with van der Waals surface area (Å²) in [6, 6.07) is 9.99. The number of anilines is 1. The Kier molecular flexibility index (Phi) is 5.34. The summed E-state index contributed by atoms with van der Waals surface area (Å²) in [7, 11) is 0. The molecule has 1 amide bonds. The number of rotatable bonds is 3. The van der Waals surface area contributed by atoms with Crippen LogP contribution >= 0.6 is 0 Å². The average Bonchev–Trinajstić information content (AvgIpc) is 2.82.